The summed E-state index contributed by atoms with van der Waals surface area (Å²) in [6, 6.07) is 7.38. The molecule has 1 aromatic carbocycles. The molecule has 2 amide bonds. The van der Waals surface area contributed by atoms with Gasteiger partial charge in [-0.2, -0.15) is 0 Å². The smallest absolute Gasteiger partial charge is 0.253 e. The van der Waals surface area contributed by atoms with Gasteiger partial charge in [0.05, 0.1) is 11.3 Å². The van der Waals surface area contributed by atoms with E-state index in [9.17, 15) is 9.59 Å². The fourth-order valence-corrected chi connectivity index (χ4v) is 2.06. The maximum absolute atomic E-state index is 12.1. The van der Waals surface area contributed by atoms with Crippen molar-refractivity contribution >= 4 is 29.1 Å². The molecule has 0 atom stereocenters. The number of carbonyl (C=O) groups excluding carboxylic acids is 2. The highest BCUT2D eigenvalue weighted by atomic mass is 35.5. The van der Waals surface area contributed by atoms with E-state index in [0.29, 0.717) is 29.6 Å². The van der Waals surface area contributed by atoms with Crippen LogP contribution in [0.3, 0.4) is 0 Å². The van der Waals surface area contributed by atoms with Crippen LogP contribution in [0.5, 0.6) is 0 Å². The maximum atomic E-state index is 12.1. The van der Waals surface area contributed by atoms with Gasteiger partial charge in [-0.05, 0) is 37.8 Å². The van der Waals surface area contributed by atoms with Crippen molar-refractivity contribution in [2.75, 3.05) is 11.2 Å². The Balaban J connectivity index is 1.95. The monoisotopic (exact) mass is 294 g/mol. The van der Waals surface area contributed by atoms with Crippen molar-refractivity contribution in [3.63, 3.8) is 0 Å². The van der Waals surface area contributed by atoms with Gasteiger partial charge < -0.3 is 10.6 Å². The topological polar surface area (TPSA) is 58.2 Å². The van der Waals surface area contributed by atoms with E-state index in [2.05, 4.69) is 10.6 Å². The predicted octanol–water partition coefficient (Wildman–Crippen LogP) is 2.93. The molecule has 2 rings (SSSR count). The minimum Gasteiger partial charge on any atom is -0.349 e. The summed E-state index contributed by atoms with van der Waals surface area (Å²) in [5, 5.41) is 5.73. The molecular weight excluding hydrogens is 276 g/mol. The lowest BCUT2D eigenvalue weighted by Gasteiger charge is -2.11. The molecule has 2 N–H and O–H groups in total. The molecule has 4 nitrogen and oxygen atoms in total. The normalized spacial score (nSPS) is 13.8. The molecule has 108 valence electrons. The second kappa shape index (κ2) is 7.29. The number of alkyl halides is 1. The lowest BCUT2D eigenvalue weighted by atomic mass is 10.1. The quantitative estimate of drug-likeness (QED) is 0.600. The minimum atomic E-state index is -0.121. The number of para-hydroxylation sites is 1. The van der Waals surface area contributed by atoms with E-state index in [1.165, 1.54) is 0 Å². The molecule has 0 saturated heterocycles. The summed E-state index contributed by atoms with van der Waals surface area (Å²) in [4.78, 5) is 23.9. The number of rotatable bonds is 7. The van der Waals surface area contributed by atoms with Crippen LogP contribution in [0, 0.1) is 0 Å². The van der Waals surface area contributed by atoms with Crippen molar-refractivity contribution in [3.8, 4) is 0 Å². The molecule has 0 heterocycles. The van der Waals surface area contributed by atoms with Crippen LogP contribution in [0.4, 0.5) is 5.69 Å². The largest absolute Gasteiger partial charge is 0.349 e. The highest BCUT2D eigenvalue weighted by Crippen LogP contribution is 2.21. The highest BCUT2D eigenvalue weighted by molar-refractivity contribution is 6.17. The van der Waals surface area contributed by atoms with Gasteiger partial charge in [0.2, 0.25) is 5.91 Å². The van der Waals surface area contributed by atoms with Gasteiger partial charge in [0.1, 0.15) is 0 Å². The van der Waals surface area contributed by atoms with Crippen LogP contribution in [-0.2, 0) is 4.79 Å². The van der Waals surface area contributed by atoms with Crippen molar-refractivity contribution in [2.45, 2.75) is 38.1 Å². The molecule has 1 aromatic rings. The second-order valence-corrected chi connectivity index (χ2v) is 5.37. The molecule has 0 aliphatic heterocycles. The third kappa shape index (κ3) is 4.53. The van der Waals surface area contributed by atoms with E-state index in [0.717, 1.165) is 25.7 Å². The number of benzene rings is 1. The van der Waals surface area contributed by atoms with Gasteiger partial charge in [-0.25, -0.2) is 0 Å². The molecule has 0 aromatic heterocycles. The Hall–Kier alpha value is -1.55. The summed E-state index contributed by atoms with van der Waals surface area (Å²) in [5.41, 5.74) is 1.09. The van der Waals surface area contributed by atoms with Crippen molar-refractivity contribution in [1.82, 2.24) is 5.32 Å². The zero-order valence-corrected chi connectivity index (χ0v) is 12.1. The maximum Gasteiger partial charge on any atom is 0.253 e. The van der Waals surface area contributed by atoms with Gasteiger partial charge >= 0.3 is 0 Å². The van der Waals surface area contributed by atoms with E-state index in [4.69, 9.17) is 11.6 Å². The van der Waals surface area contributed by atoms with Gasteiger partial charge in [-0.3, -0.25) is 9.59 Å². The van der Waals surface area contributed by atoms with Gasteiger partial charge in [-0.1, -0.05) is 12.1 Å². The van der Waals surface area contributed by atoms with E-state index in [1.807, 2.05) is 6.07 Å². The Kier molecular flexibility index (Phi) is 5.41. The molecule has 1 saturated carbocycles. The molecule has 5 heteroatoms. The zero-order valence-electron chi connectivity index (χ0n) is 11.3. The van der Waals surface area contributed by atoms with Gasteiger partial charge in [-0.15, -0.1) is 11.6 Å². The number of anilines is 1. The molecule has 1 aliphatic rings. The molecule has 0 bridgehead atoms. The molecular formula is C15H19ClN2O2. The fraction of sp³-hybridized carbons (Fsp3) is 0.467. The Morgan fingerprint density at radius 1 is 1.20 bits per heavy atom. The lowest BCUT2D eigenvalue weighted by Crippen LogP contribution is -2.26. The molecule has 0 radical (unpaired) electrons. The van der Waals surface area contributed by atoms with Crippen LogP contribution in [0.15, 0.2) is 24.3 Å². The zero-order chi connectivity index (χ0) is 14.4. The Bertz CT molecular complexity index is 487. The summed E-state index contributed by atoms with van der Waals surface area (Å²) in [7, 11) is 0. The Morgan fingerprint density at radius 2 is 1.95 bits per heavy atom. The van der Waals surface area contributed by atoms with Crippen molar-refractivity contribution in [3.05, 3.63) is 29.8 Å². The fourth-order valence-electron chi connectivity index (χ4n) is 1.87. The summed E-state index contributed by atoms with van der Waals surface area (Å²) >= 11 is 5.58. The molecule has 0 spiro atoms. The van der Waals surface area contributed by atoms with Crippen LogP contribution in [0.2, 0.25) is 0 Å². The van der Waals surface area contributed by atoms with Crippen molar-refractivity contribution in [2.24, 2.45) is 0 Å². The van der Waals surface area contributed by atoms with E-state index in [1.54, 1.807) is 18.2 Å². The molecule has 1 fully saturated rings. The second-order valence-electron chi connectivity index (χ2n) is 4.99. The molecule has 20 heavy (non-hydrogen) atoms. The summed E-state index contributed by atoms with van der Waals surface area (Å²) in [6.45, 7) is 0. The van der Waals surface area contributed by atoms with Crippen LogP contribution in [-0.4, -0.2) is 23.7 Å². The van der Waals surface area contributed by atoms with Gasteiger partial charge in [0.15, 0.2) is 0 Å². The minimum absolute atomic E-state index is 0.0817. The number of carbonyl (C=O) groups is 2. The third-order valence-corrected chi connectivity index (χ3v) is 3.41. The lowest BCUT2D eigenvalue weighted by molar-refractivity contribution is -0.116. The third-order valence-electron chi connectivity index (χ3n) is 3.15. The average Bonchev–Trinajstić information content (AvgIpc) is 3.23. The Labute approximate surface area is 123 Å². The first-order chi connectivity index (χ1) is 9.70. The number of hydrogen-bond donors (Lipinski definition) is 2. The predicted molar refractivity (Wildman–Crippen MR) is 80.1 cm³/mol. The van der Waals surface area contributed by atoms with Crippen LogP contribution in [0.25, 0.3) is 0 Å². The number of amides is 2. The molecule has 0 unspecified atom stereocenters. The first-order valence-electron chi connectivity index (χ1n) is 6.96. The van der Waals surface area contributed by atoms with E-state index < -0.39 is 0 Å². The summed E-state index contributed by atoms with van der Waals surface area (Å²) in [6.07, 6.45) is 4.08. The SMILES string of the molecule is O=C(CCCCCl)Nc1ccccc1C(=O)NC1CC1. The first-order valence-corrected chi connectivity index (χ1v) is 7.50. The number of halogens is 1. The number of unbranched alkanes of at least 4 members (excludes halogenated alkanes) is 1. The van der Waals surface area contributed by atoms with Crippen LogP contribution in [0.1, 0.15) is 42.5 Å². The highest BCUT2D eigenvalue weighted by Gasteiger charge is 2.24. The number of nitrogens with one attached hydrogen (secondary N) is 2. The standard InChI is InChI=1S/C15H19ClN2O2/c16-10-4-3-7-14(19)18-13-6-2-1-5-12(13)15(20)17-11-8-9-11/h1-2,5-6,11H,3-4,7-10H2,(H,17,20)(H,18,19). The average molecular weight is 295 g/mol. The Morgan fingerprint density at radius 3 is 2.65 bits per heavy atom. The summed E-state index contributed by atoms with van der Waals surface area (Å²) < 4.78 is 0. The van der Waals surface area contributed by atoms with Crippen LogP contribution >= 0.6 is 11.6 Å². The summed E-state index contributed by atoms with van der Waals surface area (Å²) in [5.74, 6) is 0.360. The van der Waals surface area contributed by atoms with E-state index in [-0.39, 0.29) is 11.8 Å². The van der Waals surface area contributed by atoms with Crippen LogP contribution < -0.4 is 10.6 Å². The van der Waals surface area contributed by atoms with Crippen molar-refractivity contribution < 1.29 is 9.59 Å². The van der Waals surface area contributed by atoms with Gasteiger partial charge in [0, 0.05) is 18.3 Å². The van der Waals surface area contributed by atoms with Crippen molar-refractivity contribution in [1.29, 1.82) is 0 Å². The first kappa shape index (κ1) is 14.9. The molecule has 1 aliphatic carbocycles. The van der Waals surface area contributed by atoms with E-state index >= 15 is 0 Å². The number of hydrogen-bond acceptors (Lipinski definition) is 2. The van der Waals surface area contributed by atoms with Gasteiger partial charge in [0.25, 0.3) is 5.91 Å².